The summed E-state index contributed by atoms with van der Waals surface area (Å²) in [6.45, 7) is 9.38. The molecular weight excluding hydrogens is 514 g/mol. The molecule has 12 heteroatoms. The Hall–Kier alpha value is -3.41. The first-order chi connectivity index (χ1) is 17.4. The molecule has 0 aliphatic rings. The summed E-state index contributed by atoms with van der Waals surface area (Å²) < 4.78 is 26.7. The lowest BCUT2D eigenvalue weighted by Crippen LogP contribution is -2.37. The number of nitrogens with one attached hydrogen (secondary N) is 5. The topological polar surface area (TPSA) is 137 Å². The number of benzene rings is 2. The van der Waals surface area contributed by atoms with Crippen molar-refractivity contribution in [3.63, 3.8) is 0 Å². The lowest BCUT2D eigenvalue weighted by Gasteiger charge is -2.21. The van der Waals surface area contributed by atoms with E-state index >= 15 is 0 Å². The summed E-state index contributed by atoms with van der Waals surface area (Å²) in [5, 5.41) is 6.59. The van der Waals surface area contributed by atoms with Gasteiger partial charge in [-0.05, 0) is 76.6 Å². The van der Waals surface area contributed by atoms with Crippen LogP contribution in [-0.2, 0) is 10.0 Å². The second-order valence-electron chi connectivity index (χ2n) is 9.35. The minimum Gasteiger partial charge on any atom is -0.340 e. The Morgan fingerprint density at radius 1 is 1.03 bits per heavy atom. The SMILES string of the molecule is CCCNNC(=O)c1ccc(Nc2ncc(C)c(Nc3ccc(Cl)c(NS(=O)(=O)C(C)(C)C)c3)n2)cc1. The van der Waals surface area contributed by atoms with Crippen molar-refractivity contribution in [2.75, 3.05) is 21.9 Å². The zero-order valence-corrected chi connectivity index (χ0v) is 23.0. The molecule has 0 bridgehead atoms. The van der Waals surface area contributed by atoms with Crippen LogP contribution in [0.3, 0.4) is 0 Å². The summed E-state index contributed by atoms with van der Waals surface area (Å²) in [5.41, 5.74) is 8.37. The number of carbonyl (C=O) groups excluding carboxylic acids is 1. The molecule has 0 spiro atoms. The molecule has 3 rings (SSSR count). The molecule has 10 nitrogen and oxygen atoms in total. The molecular formula is C25H32ClN7O3S. The monoisotopic (exact) mass is 545 g/mol. The first-order valence-electron chi connectivity index (χ1n) is 11.7. The highest BCUT2D eigenvalue weighted by Gasteiger charge is 2.29. The van der Waals surface area contributed by atoms with Gasteiger partial charge in [-0.15, -0.1) is 0 Å². The number of carbonyl (C=O) groups is 1. The highest BCUT2D eigenvalue weighted by atomic mass is 35.5. The van der Waals surface area contributed by atoms with Gasteiger partial charge in [0.2, 0.25) is 16.0 Å². The minimum absolute atomic E-state index is 0.217. The predicted molar refractivity (Wildman–Crippen MR) is 149 cm³/mol. The number of aromatic nitrogens is 2. The quantitative estimate of drug-likeness (QED) is 0.175. The maximum atomic E-state index is 12.6. The van der Waals surface area contributed by atoms with Crippen molar-refractivity contribution < 1.29 is 13.2 Å². The van der Waals surface area contributed by atoms with Gasteiger partial charge in [-0.2, -0.15) is 4.98 Å². The Bertz CT molecular complexity index is 1360. The number of halogens is 1. The van der Waals surface area contributed by atoms with Crippen LogP contribution in [0.4, 0.5) is 28.8 Å². The molecule has 37 heavy (non-hydrogen) atoms. The molecule has 0 saturated heterocycles. The van der Waals surface area contributed by atoms with E-state index in [0.717, 1.165) is 12.0 Å². The first kappa shape index (κ1) is 28.2. The van der Waals surface area contributed by atoms with Crippen LogP contribution in [0.25, 0.3) is 0 Å². The summed E-state index contributed by atoms with van der Waals surface area (Å²) in [6, 6.07) is 11.9. The van der Waals surface area contributed by atoms with Crippen LogP contribution in [0.5, 0.6) is 0 Å². The Morgan fingerprint density at radius 3 is 2.35 bits per heavy atom. The number of hydrogen-bond donors (Lipinski definition) is 5. The second kappa shape index (κ2) is 11.8. The van der Waals surface area contributed by atoms with Crippen LogP contribution in [-0.4, -0.2) is 35.6 Å². The van der Waals surface area contributed by atoms with Gasteiger partial charge < -0.3 is 10.6 Å². The third-order valence-electron chi connectivity index (χ3n) is 5.23. The molecule has 198 valence electrons. The van der Waals surface area contributed by atoms with E-state index in [1.54, 1.807) is 69.4 Å². The van der Waals surface area contributed by atoms with E-state index in [4.69, 9.17) is 11.6 Å². The summed E-state index contributed by atoms with van der Waals surface area (Å²) >= 11 is 6.25. The summed E-state index contributed by atoms with van der Waals surface area (Å²) in [6.07, 6.45) is 2.57. The third-order valence-corrected chi connectivity index (χ3v) is 7.66. The van der Waals surface area contributed by atoms with E-state index in [1.807, 2.05) is 13.8 Å². The lowest BCUT2D eigenvalue weighted by molar-refractivity contribution is 0.0933. The highest BCUT2D eigenvalue weighted by molar-refractivity contribution is 7.94. The molecule has 2 aromatic carbocycles. The van der Waals surface area contributed by atoms with Crippen molar-refractivity contribution in [2.45, 2.75) is 45.8 Å². The maximum absolute atomic E-state index is 12.6. The lowest BCUT2D eigenvalue weighted by atomic mass is 10.2. The van der Waals surface area contributed by atoms with Gasteiger partial charge >= 0.3 is 0 Å². The third kappa shape index (κ3) is 7.54. The molecule has 0 aliphatic carbocycles. The van der Waals surface area contributed by atoms with Crippen molar-refractivity contribution in [3.8, 4) is 0 Å². The Kier molecular flexibility index (Phi) is 8.95. The second-order valence-corrected chi connectivity index (χ2v) is 12.2. The average Bonchev–Trinajstić information content (AvgIpc) is 2.83. The summed E-state index contributed by atoms with van der Waals surface area (Å²) in [5.74, 6) is 0.658. The van der Waals surface area contributed by atoms with E-state index in [2.05, 4.69) is 36.2 Å². The smallest absolute Gasteiger partial charge is 0.265 e. The Morgan fingerprint density at radius 2 is 1.70 bits per heavy atom. The molecule has 0 radical (unpaired) electrons. The standard InChI is InChI=1S/C25H32ClN7O3S/c1-6-13-28-32-23(34)17-7-9-18(10-8-17)30-24-27-15-16(2)22(31-24)29-19-11-12-20(26)21(14-19)33-37(35,36)25(3,4)5/h7-12,14-15,28,33H,6,13H2,1-5H3,(H,32,34)(H2,27,29,30,31). The Balaban J connectivity index is 1.74. The van der Waals surface area contributed by atoms with Crippen LogP contribution in [0.15, 0.2) is 48.7 Å². The van der Waals surface area contributed by atoms with Crippen LogP contribution in [0.1, 0.15) is 50.0 Å². The van der Waals surface area contributed by atoms with Gasteiger partial charge in [-0.25, -0.2) is 18.8 Å². The average molecular weight is 546 g/mol. The van der Waals surface area contributed by atoms with Gasteiger partial charge in [-0.3, -0.25) is 14.9 Å². The molecule has 1 heterocycles. The van der Waals surface area contributed by atoms with Crippen LogP contribution in [0, 0.1) is 6.92 Å². The fourth-order valence-corrected chi connectivity index (χ4v) is 3.90. The molecule has 1 amide bonds. The van der Waals surface area contributed by atoms with E-state index < -0.39 is 14.8 Å². The van der Waals surface area contributed by atoms with E-state index in [-0.39, 0.29) is 16.6 Å². The fourth-order valence-electron chi connectivity index (χ4n) is 2.92. The van der Waals surface area contributed by atoms with Crippen molar-refractivity contribution in [2.24, 2.45) is 0 Å². The number of nitrogens with zero attached hydrogens (tertiary/aromatic N) is 2. The van der Waals surface area contributed by atoms with E-state index in [9.17, 15) is 13.2 Å². The zero-order valence-electron chi connectivity index (χ0n) is 21.4. The normalized spacial score (nSPS) is 11.6. The van der Waals surface area contributed by atoms with Gasteiger partial charge in [0, 0.05) is 35.2 Å². The zero-order chi connectivity index (χ0) is 27.2. The van der Waals surface area contributed by atoms with E-state index in [0.29, 0.717) is 35.2 Å². The van der Waals surface area contributed by atoms with Crippen LogP contribution < -0.4 is 26.2 Å². The molecule has 3 aromatic rings. The summed E-state index contributed by atoms with van der Waals surface area (Å²) in [4.78, 5) is 21.0. The number of sulfonamides is 1. The first-order valence-corrected chi connectivity index (χ1v) is 13.6. The van der Waals surface area contributed by atoms with Gasteiger partial charge in [0.1, 0.15) is 5.82 Å². The molecule has 5 N–H and O–H groups in total. The molecule has 0 aliphatic heterocycles. The minimum atomic E-state index is -3.65. The van der Waals surface area contributed by atoms with Crippen molar-refractivity contribution in [3.05, 3.63) is 64.8 Å². The number of aryl methyl sites for hydroxylation is 1. The van der Waals surface area contributed by atoms with Crippen molar-refractivity contribution >= 4 is 56.4 Å². The molecule has 0 fully saturated rings. The van der Waals surface area contributed by atoms with Crippen molar-refractivity contribution in [1.29, 1.82) is 0 Å². The molecule has 1 aromatic heterocycles. The number of amides is 1. The Labute approximate surface area is 222 Å². The van der Waals surface area contributed by atoms with Gasteiger partial charge in [0.05, 0.1) is 15.5 Å². The maximum Gasteiger partial charge on any atom is 0.265 e. The number of rotatable bonds is 10. The number of hydrogen-bond acceptors (Lipinski definition) is 8. The van der Waals surface area contributed by atoms with Crippen LogP contribution >= 0.6 is 11.6 Å². The van der Waals surface area contributed by atoms with Gasteiger partial charge in [0.15, 0.2) is 0 Å². The fraction of sp³-hybridized carbons (Fsp3) is 0.320. The highest BCUT2D eigenvalue weighted by Crippen LogP contribution is 2.30. The molecule has 0 saturated carbocycles. The molecule has 0 unspecified atom stereocenters. The number of hydrazine groups is 1. The number of anilines is 5. The van der Waals surface area contributed by atoms with Gasteiger partial charge in [0.25, 0.3) is 5.91 Å². The largest absolute Gasteiger partial charge is 0.340 e. The predicted octanol–water partition coefficient (Wildman–Crippen LogP) is 5.11. The van der Waals surface area contributed by atoms with Crippen molar-refractivity contribution in [1.82, 2.24) is 20.8 Å². The van der Waals surface area contributed by atoms with E-state index in [1.165, 1.54) is 0 Å². The summed E-state index contributed by atoms with van der Waals surface area (Å²) in [7, 11) is -3.65. The van der Waals surface area contributed by atoms with Crippen LogP contribution in [0.2, 0.25) is 5.02 Å². The van der Waals surface area contributed by atoms with Gasteiger partial charge in [-0.1, -0.05) is 18.5 Å². The molecule has 0 atom stereocenters.